The van der Waals surface area contributed by atoms with Crippen molar-refractivity contribution in [3.63, 3.8) is 0 Å². The van der Waals surface area contributed by atoms with Crippen LogP contribution in [0.5, 0.6) is 0 Å². The molecule has 0 radical (unpaired) electrons. The second-order valence-electron chi connectivity index (χ2n) is 4.13. The van der Waals surface area contributed by atoms with Crippen molar-refractivity contribution in [3.8, 4) is 11.1 Å². The lowest BCUT2D eigenvalue weighted by Gasteiger charge is -2.09. The summed E-state index contributed by atoms with van der Waals surface area (Å²) >= 11 is 0. The highest BCUT2D eigenvalue weighted by Crippen LogP contribution is 2.27. The monoisotopic (exact) mass is 295 g/mol. The molecule has 0 fully saturated rings. The van der Waals surface area contributed by atoms with Crippen molar-refractivity contribution in [2.24, 2.45) is 0 Å². The number of carbonyl (C=O) groups is 1. The van der Waals surface area contributed by atoms with Gasteiger partial charge < -0.3 is 5.11 Å². The number of carboxylic acids is 1. The maximum atomic E-state index is 13.2. The molecule has 0 aliphatic heterocycles. The summed E-state index contributed by atoms with van der Waals surface area (Å²) in [6.07, 6.45) is 2.06. The number of hydrogen-bond donors (Lipinski definition) is 1. The lowest BCUT2D eigenvalue weighted by Crippen LogP contribution is -2.11. The Morgan fingerprint density at radius 1 is 1.30 bits per heavy atom. The van der Waals surface area contributed by atoms with Gasteiger partial charge in [-0.3, -0.25) is 0 Å². The molecular weight excluding hydrogens is 285 g/mol. The van der Waals surface area contributed by atoms with E-state index in [1.54, 1.807) is 0 Å². The molecule has 0 aliphatic carbocycles. The number of aromatic carboxylic acids is 1. The quantitative estimate of drug-likeness (QED) is 0.936. The van der Waals surface area contributed by atoms with E-state index in [2.05, 4.69) is 4.98 Å². The van der Waals surface area contributed by atoms with Gasteiger partial charge in [0.1, 0.15) is 11.4 Å². The minimum Gasteiger partial charge on any atom is -0.478 e. The molecule has 0 aliphatic rings. The summed E-state index contributed by atoms with van der Waals surface area (Å²) in [6.45, 7) is 0. The van der Waals surface area contributed by atoms with Crippen molar-refractivity contribution in [3.05, 3.63) is 47.9 Å². The van der Waals surface area contributed by atoms with Crippen LogP contribution in [-0.2, 0) is 9.84 Å². The molecule has 20 heavy (non-hydrogen) atoms. The fourth-order valence-electron chi connectivity index (χ4n) is 1.83. The largest absolute Gasteiger partial charge is 0.478 e. The zero-order chi connectivity index (χ0) is 14.9. The summed E-state index contributed by atoms with van der Waals surface area (Å²) in [5.74, 6) is -1.98. The van der Waals surface area contributed by atoms with Gasteiger partial charge in [0.05, 0.1) is 0 Å². The lowest BCUT2D eigenvalue weighted by atomic mass is 10.0. The fraction of sp³-hybridized carbons (Fsp3) is 0.0769. The third-order valence-electron chi connectivity index (χ3n) is 2.62. The fourth-order valence-corrected chi connectivity index (χ4v) is 2.65. The van der Waals surface area contributed by atoms with E-state index in [-0.39, 0.29) is 11.1 Å². The van der Waals surface area contributed by atoms with Gasteiger partial charge in [-0.05, 0) is 23.8 Å². The maximum absolute atomic E-state index is 13.2. The second kappa shape index (κ2) is 5.01. The van der Waals surface area contributed by atoms with Crippen molar-refractivity contribution in [1.29, 1.82) is 0 Å². The third-order valence-corrected chi connectivity index (χ3v) is 3.63. The molecule has 0 saturated heterocycles. The molecule has 0 bridgehead atoms. The molecule has 2 aromatic rings. The molecule has 0 atom stereocenters. The Kier molecular flexibility index (Phi) is 3.54. The van der Waals surface area contributed by atoms with E-state index >= 15 is 0 Å². The molecule has 1 heterocycles. The van der Waals surface area contributed by atoms with Crippen molar-refractivity contribution in [2.75, 3.05) is 6.26 Å². The van der Waals surface area contributed by atoms with Crippen molar-refractivity contribution >= 4 is 15.8 Å². The van der Waals surface area contributed by atoms with E-state index in [0.29, 0.717) is 0 Å². The van der Waals surface area contributed by atoms with Crippen molar-refractivity contribution in [1.82, 2.24) is 4.98 Å². The Hall–Kier alpha value is -2.28. The van der Waals surface area contributed by atoms with Gasteiger partial charge >= 0.3 is 5.97 Å². The van der Waals surface area contributed by atoms with Crippen LogP contribution in [-0.4, -0.2) is 30.7 Å². The summed E-state index contributed by atoms with van der Waals surface area (Å²) in [5, 5.41) is 8.71. The molecule has 2 rings (SSSR count). The SMILES string of the molecule is CS(=O)(=O)c1nccc(-c2cccc(F)c2)c1C(=O)O. The number of carboxylic acid groups (broad SMARTS) is 1. The van der Waals surface area contributed by atoms with E-state index in [0.717, 1.165) is 12.3 Å². The number of sulfone groups is 1. The molecule has 0 saturated carbocycles. The standard InChI is InChI=1S/C13H10FNO4S/c1-20(18,19)12-11(13(16)17)10(5-6-15-12)8-3-2-4-9(14)7-8/h2-7H,1H3,(H,16,17). The van der Waals surface area contributed by atoms with E-state index < -0.39 is 32.2 Å². The highest BCUT2D eigenvalue weighted by molar-refractivity contribution is 7.90. The summed E-state index contributed by atoms with van der Waals surface area (Å²) < 4.78 is 36.5. The lowest BCUT2D eigenvalue weighted by molar-refractivity contribution is 0.0692. The van der Waals surface area contributed by atoms with Gasteiger partial charge in [-0.1, -0.05) is 12.1 Å². The van der Waals surface area contributed by atoms with Gasteiger partial charge in [-0.25, -0.2) is 22.6 Å². The molecule has 5 nitrogen and oxygen atoms in total. The molecular formula is C13H10FNO4S. The first-order valence-electron chi connectivity index (χ1n) is 5.49. The number of nitrogens with zero attached hydrogens (tertiary/aromatic N) is 1. The van der Waals surface area contributed by atoms with Gasteiger partial charge in [0.25, 0.3) is 0 Å². The molecule has 7 heteroatoms. The average molecular weight is 295 g/mol. The van der Waals surface area contributed by atoms with E-state index in [9.17, 15) is 22.7 Å². The number of pyridine rings is 1. The van der Waals surface area contributed by atoms with Crippen LogP contribution in [0, 0.1) is 5.82 Å². The topological polar surface area (TPSA) is 84.3 Å². The van der Waals surface area contributed by atoms with Crippen LogP contribution < -0.4 is 0 Å². The zero-order valence-electron chi connectivity index (χ0n) is 10.4. The van der Waals surface area contributed by atoms with E-state index in [1.807, 2.05) is 0 Å². The molecule has 104 valence electrons. The van der Waals surface area contributed by atoms with Gasteiger partial charge in [0.2, 0.25) is 0 Å². The van der Waals surface area contributed by atoms with Crippen LogP contribution in [0.15, 0.2) is 41.6 Å². The Morgan fingerprint density at radius 2 is 2.00 bits per heavy atom. The first-order chi connectivity index (χ1) is 9.30. The normalized spacial score (nSPS) is 11.3. The summed E-state index contributed by atoms with van der Waals surface area (Å²) in [7, 11) is -3.80. The number of halogens is 1. The molecule has 0 spiro atoms. The van der Waals surface area contributed by atoms with Crippen LogP contribution in [0.2, 0.25) is 0 Å². The maximum Gasteiger partial charge on any atom is 0.339 e. The molecule has 0 amide bonds. The first-order valence-corrected chi connectivity index (χ1v) is 7.38. The van der Waals surface area contributed by atoms with Gasteiger partial charge in [0.15, 0.2) is 14.9 Å². The number of rotatable bonds is 3. The van der Waals surface area contributed by atoms with Crippen LogP contribution in [0.25, 0.3) is 11.1 Å². The zero-order valence-corrected chi connectivity index (χ0v) is 11.2. The minimum absolute atomic E-state index is 0.104. The Bertz CT molecular complexity index is 787. The summed E-state index contributed by atoms with van der Waals surface area (Å²) in [4.78, 5) is 15.0. The molecule has 0 unspecified atom stereocenters. The summed E-state index contributed by atoms with van der Waals surface area (Å²) in [6, 6.07) is 6.59. The van der Waals surface area contributed by atoms with E-state index in [1.165, 1.54) is 30.5 Å². The average Bonchev–Trinajstić information content (AvgIpc) is 2.36. The minimum atomic E-state index is -3.80. The van der Waals surface area contributed by atoms with Crippen molar-refractivity contribution < 1.29 is 22.7 Å². The van der Waals surface area contributed by atoms with Crippen LogP contribution in [0.1, 0.15) is 10.4 Å². The number of aromatic nitrogens is 1. The molecule has 1 aromatic heterocycles. The first kappa shape index (κ1) is 14.1. The highest BCUT2D eigenvalue weighted by Gasteiger charge is 2.24. The van der Waals surface area contributed by atoms with Gasteiger partial charge in [0, 0.05) is 18.0 Å². The van der Waals surface area contributed by atoms with E-state index in [4.69, 9.17) is 0 Å². The third kappa shape index (κ3) is 2.67. The van der Waals surface area contributed by atoms with Crippen LogP contribution in [0.4, 0.5) is 4.39 Å². The second-order valence-corrected chi connectivity index (χ2v) is 6.06. The molecule has 1 aromatic carbocycles. The predicted octanol–water partition coefficient (Wildman–Crippen LogP) is 1.99. The predicted molar refractivity (Wildman–Crippen MR) is 69.7 cm³/mol. The number of hydrogen-bond acceptors (Lipinski definition) is 4. The Morgan fingerprint density at radius 3 is 2.55 bits per heavy atom. The Balaban J connectivity index is 2.81. The van der Waals surface area contributed by atoms with Gasteiger partial charge in [-0.2, -0.15) is 0 Å². The van der Waals surface area contributed by atoms with Crippen LogP contribution in [0.3, 0.4) is 0 Å². The Labute approximate surface area is 114 Å². The van der Waals surface area contributed by atoms with Crippen LogP contribution >= 0.6 is 0 Å². The summed E-state index contributed by atoms with van der Waals surface area (Å²) in [5.41, 5.74) is -0.0808. The molecule has 1 N–H and O–H groups in total. The van der Waals surface area contributed by atoms with Crippen molar-refractivity contribution in [2.45, 2.75) is 5.03 Å². The van der Waals surface area contributed by atoms with Gasteiger partial charge in [-0.15, -0.1) is 0 Å². The smallest absolute Gasteiger partial charge is 0.339 e. The highest BCUT2D eigenvalue weighted by atomic mass is 32.2. The number of benzene rings is 1.